The van der Waals surface area contributed by atoms with E-state index in [2.05, 4.69) is 15.7 Å². The number of aromatic nitrogens is 3. The number of nitrogens with one attached hydrogen (secondary N) is 1. The molecule has 6 heteroatoms. The second kappa shape index (κ2) is 6.98. The van der Waals surface area contributed by atoms with Gasteiger partial charge in [0.1, 0.15) is 0 Å². The molecule has 0 saturated carbocycles. The van der Waals surface area contributed by atoms with E-state index in [1.807, 2.05) is 30.3 Å². The van der Waals surface area contributed by atoms with Gasteiger partial charge in [0.25, 0.3) is 0 Å². The van der Waals surface area contributed by atoms with Gasteiger partial charge in [-0.3, -0.25) is 11.3 Å². The highest BCUT2D eigenvalue weighted by atomic mass is 16.5. The van der Waals surface area contributed by atoms with E-state index in [4.69, 9.17) is 10.6 Å². The Bertz CT molecular complexity index is 485. The molecule has 1 unspecified atom stereocenters. The highest BCUT2D eigenvalue weighted by molar-refractivity contribution is 5.32. The van der Waals surface area contributed by atoms with E-state index < -0.39 is 0 Å². The lowest BCUT2D eigenvalue weighted by Gasteiger charge is -2.16. The topological polar surface area (TPSA) is 78.0 Å². The minimum Gasteiger partial charge on any atom is -0.385 e. The summed E-state index contributed by atoms with van der Waals surface area (Å²) in [5, 5.41) is 8.11. The van der Waals surface area contributed by atoms with Gasteiger partial charge in [-0.15, -0.1) is 5.10 Å². The molecule has 0 aliphatic heterocycles. The van der Waals surface area contributed by atoms with Gasteiger partial charge in [0.05, 0.1) is 23.6 Å². The van der Waals surface area contributed by atoms with E-state index in [1.54, 1.807) is 18.0 Å². The van der Waals surface area contributed by atoms with Gasteiger partial charge in [-0.2, -0.15) is 0 Å². The summed E-state index contributed by atoms with van der Waals surface area (Å²) in [5.41, 5.74) is 4.74. The summed E-state index contributed by atoms with van der Waals surface area (Å²) < 4.78 is 6.87. The molecule has 0 aliphatic rings. The van der Waals surface area contributed by atoms with Gasteiger partial charge >= 0.3 is 0 Å². The number of ether oxygens (including phenoxy) is 1. The number of nitrogens with two attached hydrogens (primary N) is 1. The Hall–Kier alpha value is -1.76. The van der Waals surface area contributed by atoms with Crippen LogP contribution >= 0.6 is 0 Å². The molecule has 0 saturated heterocycles. The molecule has 0 fully saturated rings. The number of benzene rings is 1. The Morgan fingerprint density at radius 2 is 2.16 bits per heavy atom. The van der Waals surface area contributed by atoms with Crippen molar-refractivity contribution >= 4 is 0 Å². The molecule has 0 bridgehead atoms. The summed E-state index contributed by atoms with van der Waals surface area (Å²) >= 11 is 0. The molecule has 1 aromatic heterocycles. The molecule has 0 amide bonds. The van der Waals surface area contributed by atoms with Gasteiger partial charge in [-0.25, -0.2) is 4.68 Å². The number of hydrogen-bond donors (Lipinski definition) is 2. The molecular formula is C13H19N5O. The zero-order valence-corrected chi connectivity index (χ0v) is 11.0. The third-order valence-corrected chi connectivity index (χ3v) is 2.98. The van der Waals surface area contributed by atoms with Crippen molar-refractivity contribution in [1.29, 1.82) is 0 Å². The second-order valence-electron chi connectivity index (χ2n) is 4.26. The molecule has 2 rings (SSSR count). The molecule has 102 valence electrons. The van der Waals surface area contributed by atoms with Crippen molar-refractivity contribution in [3.8, 4) is 5.69 Å². The van der Waals surface area contributed by atoms with E-state index in [0.29, 0.717) is 6.61 Å². The number of para-hydroxylation sites is 1. The zero-order valence-electron chi connectivity index (χ0n) is 11.0. The van der Waals surface area contributed by atoms with E-state index in [-0.39, 0.29) is 6.04 Å². The summed E-state index contributed by atoms with van der Waals surface area (Å²) in [6, 6.07) is 9.89. The van der Waals surface area contributed by atoms with Gasteiger partial charge in [0, 0.05) is 13.7 Å². The van der Waals surface area contributed by atoms with Crippen molar-refractivity contribution < 1.29 is 4.74 Å². The van der Waals surface area contributed by atoms with Gasteiger partial charge in [0.15, 0.2) is 0 Å². The van der Waals surface area contributed by atoms with E-state index in [9.17, 15) is 0 Å². The van der Waals surface area contributed by atoms with Gasteiger partial charge in [0.2, 0.25) is 0 Å². The fourth-order valence-electron chi connectivity index (χ4n) is 2.00. The number of rotatable bonds is 7. The summed E-state index contributed by atoms with van der Waals surface area (Å²) in [6.45, 7) is 0.713. The predicted molar refractivity (Wildman–Crippen MR) is 72.5 cm³/mol. The highest BCUT2D eigenvalue weighted by Gasteiger charge is 2.16. The first kappa shape index (κ1) is 13.7. The average molecular weight is 261 g/mol. The quantitative estimate of drug-likeness (QED) is 0.445. The summed E-state index contributed by atoms with van der Waals surface area (Å²) in [5.74, 6) is 5.63. The lowest BCUT2D eigenvalue weighted by molar-refractivity contribution is 0.188. The van der Waals surface area contributed by atoms with Crippen LogP contribution in [0.2, 0.25) is 0 Å². The van der Waals surface area contributed by atoms with Crippen LogP contribution in [0.5, 0.6) is 0 Å². The van der Waals surface area contributed by atoms with E-state index >= 15 is 0 Å². The molecule has 1 heterocycles. The van der Waals surface area contributed by atoms with Crippen LogP contribution in [0, 0.1) is 0 Å². The first-order chi connectivity index (χ1) is 9.36. The SMILES string of the molecule is COCCCC(NN)c1cnnn1-c1ccccc1. The van der Waals surface area contributed by atoms with Gasteiger partial charge in [-0.1, -0.05) is 23.4 Å². The third kappa shape index (κ3) is 3.37. The van der Waals surface area contributed by atoms with Crippen LogP contribution in [-0.2, 0) is 4.74 Å². The smallest absolute Gasteiger partial charge is 0.0828 e. The second-order valence-corrected chi connectivity index (χ2v) is 4.26. The van der Waals surface area contributed by atoms with Crippen molar-refractivity contribution in [1.82, 2.24) is 20.4 Å². The Balaban J connectivity index is 2.18. The predicted octanol–water partition coefficient (Wildman–Crippen LogP) is 1.20. The number of hydrazine groups is 1. The summed E-state index contributed by atoms with van der Waals surface area (Å²) in [7, 11) is 1.70. The molecule has 1 atom stereocenters. The molecule has 6 nitrogen and oxygen atoms in total. The normalized spacial score (nSPS) is 12.5. The minimum atomic E-state index is 0.00496. The largest absolute Gasteiger partial charge is 0.385 e. The van der Waals surface area contributed by atoms with Crippen molar-refractivity contribution in [3.63, 3.8) is 0 Å². The summed E-state index contributed by atoms with van der Waals surface area (Å²) in [6.07, 6.45) is 3.53. The lowest BCUT2D eigenvalue weighted by atomic mass is 10.1. The van der Waals surface area contributed by atoms with Crippen LogP contribution in [0.25, 0.3) is 5.69 Å². The standard InChI is InChI=1S/C13H19N5O/c1-19-9-5-8-12(16-14)13-10-15-17-18(13)11-6-3-2-4-7-11/h2-4,6-7,10,12,16H,5,8-9,14H2,1H3. The van der Waals surface area contributed by atoms with Crippen molar-refractivity contribution in [2.45, 2.75) is 18.9 Å². The third-order valence-electron chi connectivity index (χ3n) is 2.98. The lowest BCUT2D eigenvalue weighted by Crippen LogP contribution is -2.30. The Morgan fingerprint density at radius 3 is 2.84 bits per heavy atom. The van der Waals surface area contributed by atoms with Crippen LogP contribution in [-0.4, -0.2) is 28.7 Å². The molecule has 2 aromatic rings. The fourth-order valence-corrected chi connectivity index (χ4v) is 2.00. The first-order valence-electron chi connectivity index (χ1n) is 6.28. The van der Waals surface area contributed by atoms with Gasteiger partial charge in [-0.05, 0) is 25.0 Å². The molecule has 19 heavy (non-hydrogen) atoms. The molecular weight excluding hydrogens is 242 g/mol. The van der Waals surface area contributed by atoms with Crippen LogP contribution < -0.4 is 11.3 Å². The molecule has 3 N–H and O–H groups in total. The number of hydrogen-bond acceptors (Lipinski definition) is 5. The van der Waals surface area contributed by atoms with Crippen LogP contribution in [0.4, 0.5) is 0 Å². The number of methoxy groups -OCH3 is 1. The Morgan fingerprint density at radius 1 is 1.37 bits per heavy atom. The zero-order chi connectivity index (χ0) is 13.5. The van der Waals surface area contributed by atoms with Crippen LogP contribution in [0.3, 0.4) is 0 Å². The Labute approximate surface area is 112 Å². The van der Waals surface area contributed by atoms with E-state index in [1.165, 1.54) is 0 Å². The van der Waals surface area contributed by atoms with Crippen molar-refractivity contribution in [2.24, 2.45) is 5.84 Å². The number of nitrogens with zero attached hydrogens (tertiary/aromatic N) is 3. The van der Waals surface area contributed by atoms with Crippen molar-refractivity contribution in [3.05, 3.63) is 42.2 Å². The maximum absolute atomic E-state index is 5.63. The van der Waals surface area contributed by atoms with Gasteiger partial charge < -0.3 is 4.74 Å². The fraction of sp³-hybridized carbons (Fsp3) is 0.385. The monoisotopic (exact) mass is 261 g/mol. The molecule has 0 spiro atoms. The van der Waals surface area contributed by atoms with Crippen molar-refractivity contribution in [2.75, 3.05) is 13.7 Å². The van der Waals surface area contributed by atoms with E-state index in [0.717, 1.165) is 24.2 Å². The Kier molecular flexibility index (Phi) is 5.02. The molecule has 1 aromatic carbocycles. The molecule has 0 aliphatic carbocycles. The van der Waals surface area contributed by atoms with Crippen LogP contribution in [0.15, 0.2) is 36.5 Å². The maximum atomic E-state index is 5.63. The first-order valence-corrected chi connectivity index (χ1v) is 6.28. The average Bonchev–Trinajstić information content (AvgIpc) is 2.94. The minimum absolute atomic E-state index is 0.00496. The molecule has 0 radical (unpaired) electrons. The van der Waals surface area contributed by atoms with Crippen LogP contribution in [0.1, 0.15) is 24.6 Å². The summed E-state index contributed by atoms with van der Waals surface area (Å²) in [4.78, 5) is 0. The maximum Gasteiger partial charge on any atom is 0.0828 e. The highest BCUT2D eigenvalue weighted by Crippen LogP contribution is 2.19.